The number of nitrogens with one attached hydrogen (secondary N) is 1. The molecule has 0 amide bonds. The normalized spacial score (nSPS) is 14.6. The van der Waals surface area contributed by atoms with E-state index in [0.717, 1.165) is 17.0 Å². The maximum Gasteiger partial charge on any atom is 0.335 e. The van der Waals surface area contributed by atoms with Crippen molar-refractivity contribution >= 4 is 17.4 Å². The lowest BCUT2D eigenvalue weighted by Crippen LogP contribution is -2.18. The van der Waals surface area contributed by atoms with Crippen LogP contribution in [0.25, 0.3) is 11.4 Å². The number of nitrogens with zero attached hydrogens (tertiary/aromatic N) is 2. The van der Waals surface area contributed by atoms with Crippen molar-refractivity contribution in [2.24, 2.45) is 0 Å². The number of aromatic carboxylic acids is 1. The van der Waals surface area contributed by atoms with Gasteiger partial charge in [0.1, 0.15) is 0 Å². The van der Waals surface area contributed by atoms with Gasteiger partial charge in [-0.3, -0.25) is 4.98 Å². The zero-order chi connectivity index (χ0) is 18.2. The summed E-state index contributed by atoms with van der Waals surface area (Å²) in [5.74, 6) is -0.952. The average molecular weight is 337 g/mol. The van der Waals surface area contributed by atoms with E-state index in [1.165, 1.54) is 17.8 Å². The molecule has 1 aromatic carbocycles. The van der Waals surface area contributed by atoms with E-state index in [0.29, 0.717) is 12.4 Å². The van der Waals surface area contributed by atoms with Crippen LogP contribution in [0.4, 0.5) is 0 Å². The Hall–Kier alpha value is -2.82. The first kappa shape index (κ1) is 17.0. The second-order valence-corrected chi connectivity index (χ2v) is 7.32. The number of benzene rings is 1. The van der Waals surface area contributed by atoms with Crippen LogP contribution in [-0.2, 0) is 5.41 Å². The quantitative estimate of drug-likeness (QED) is 0.899. The van der Waals surface area contributed by atoms with Gasteiger partial charge in [0.2, 0.25) is 0 Å². The highest BCUT2D eigenvalue weighted by atomic mass is 16.4. The van der Waals surface area contributed by atoms with Gasteiger partial charge >= 0.3 is 5.97 Å². The molecule has 2 N–H and O–H groups in total. The molecule has 5 nitrogen and oxygen atoms in total. The zero-order valence-corrected chi connectivity index (χ0v) is 15.0. The van der Waals surface area contributed by atoms with Crippen molar-refractivity contribution in [2.75, 3.05) is 13.7 Å². The molecular weight excluding hydrogens is 314 g/mol. The Balaban J connectivity index is 2.06. The van der Waals surface area contributed by atoms with E-state index >= 15 is 0 Å². The van der Waals surface area contributed by atoms with Gasteiger partial charge in [0.05, 0.1) is 29.3 Å². The molecule has 0 saturated heterocycles. The van der Waals surface area contributed by atoms with Crippen LogP contribution in [0.3, 0.4) is 0 Å². The maximum absolute atomic E-state index is 11.2. The van der Waals surface area contributed by atoms with Crippen LogP contribution in [0.1, 0.15) is 48.0 Å². The largest absolute Gasteiger partial charge is 0.478 e. The van der Waals surface area contributed by atoms with E-state index in [1.807, 2.05) is 7.05 Å². The summed E-state index contributed by atoms with van der Waals surface area (Å²) >= 11 is 0. The minimum atomic E-state index is -0.952. The van der Waals surface area contributed by atoms with Gasteiger partial charge in [-0.05, 0) is 23.1 Å². The zero-order valence-electron chi connectivity index (χ0n) is 15.0. The molecular formula is C20H23N3O2. The Morgan fingerprint density at radius 3 is 2.48 bits per heavy atom. The molecule has 2 heterocycles. The van der Waals surface area contributed by atoms with Crippen molar-refractivity contribution in [1.82, 2.24) is 15.2 Å². The maximum atomic E-state index is 11.2. The first-order valence-electron chi connectivity index (χ1n) is 8.27. The molecule has 0 bridgehead atoms. The van der Waals surface area contributed by atoms with Crippen LogP contribution in [0.5, 0.6) is 0 Å². The van der Waals surface area contributed by atoms with E-state index in [-0.39, 0.29) is 11.0 Å². The van der Waals surface area contributed by atoms with Gasteiger partial charge in [0, 0.05) is 18.8 Å². The molecule has 0 radical (unpaired) electrons. The molecule has 0 saturated carbocycles. The summed E-state index contributed by atoms with van der Waals surface area (Å²) in [5.41, 5.74) is 5.21. The number of aromatic nitrogens is 1. The SMILES string of the molecule is CN1CNC(c2cc(C(=O)O)ccn2)=C1c1ccc(C(C)(C)C)cc1. The predicted molar refractivity (Wildman–Crippen MR) is 98.9 cm³/mol. The van der Waals surface area contributed by atoms with Gasteiger partial charge in [-0.2, -0.15) is 0 Å². The molecule has 1 aliphatic heterocycles. The highest BCUT2D eigenvalue weighted by Crippen LogP contribution is 2.31. The summed E-state index contributed by atoms with van der Waals surface area (Å²) in [4.78, 5) is 17.7. The predicted octanol–water partition coefficient (Wildman–Crippen LogP) is 3.40. The number of rotatable bonds is 3. The van der Waals surface area contributed by atoms with E-state index in [1.54, 1.807) is 6.07 Å². The summed E-state index contributed by atoms with van der Waals surface area (Å²) in [7, 11) is 2.01. The molecule has 0 spiro atoms. The topological polar surface area (TPSA) is 65.5 Å². The lowest BCUT2D eigenvalue weighted by Gasteiger charge is -2.21. The second kappa shape index (κ2) is 6.24. The van der Waals surface area contributed by atoms with Crippen molar-refractivity contribution in [1.29, 1.82) is 0 Å². The second-order valence-electron chi connectivity index (χ2n) is 7.32. The fourth-order valence-corrected chi connectivity index (χ4v) is 2.96. The summed E-state index contributed by atoms with van der Waals surface area (Å²) in [6, 6.07) is 11.6. The monoisotopic (exact) mass is 337 g/mol. The molecule has 3 rings (SSSR count). The lowest BCUT2D eigenvalue weighted by molar-refractivity contribution is 0.0696. The van der Waals surface area contributed by atoms with Crippen LogP contribution < -0.4 is 5.32 Å². The molecule has 130 valence electrons. The highest BCUT2D eigenvalue weighted by molar-refractivity contribution is 5.92. The standard InChI is InChI=1S/C20H23N3O2/c1-20(2,3)15-7-5-13(6-8-15)18-17(22-12-23(18)4)16-11-14(19(24)25)9-10-21-16/h5-11,22H,12H2,1-4H3,(H,24,25). The fourth-order valence-electron chi connectivity index (χ4n) is 2.96. The minimum Gasteiger partial charge on any atom is -0.478 e. The number of hydrogen-bond donors (Lipinski definition) is 2. The molecule has 0 unspecified atom stereocenters. The van der Waals surface area contributed by atoms with Crippen LogP contribution in [0.15, 0.2) is 42.6 Å². The third kappa shape index (κ3) is 3.36. The molecule has 1 aliphatic rings. The Morgan fingerprint density at radius 2 is 1.88 bits per heavy atom. The van der Waals surface area contributed by atoms with Gasteiger partial charge in [0.25, 0.3) is 0 Å². The molecule has 0 aliphatic carbocycles. The first-order chi connectivity index (χ1) is 11.8. The summed E-state index contributed by atoms with van der Waals surface area (Å²) in [6.07, 6.45) is 1.53. The summed E-state index contributed by atoms with van der Waals surface area (Å²) in [6.45, 7) is 7.23. The van der Waals surface area contributed by atoms with E-state index in [4.69, 9.17) is 0 Å². The smallest absolute Gasteiger partial charge is 0.335 e. The van der Waals surface area contributed by atoms with Crippen molar-refractivity contribution < 1.29 is 9.90 Å². The number of carboxylic acid groups (broad SMARTS) is 1. The number of carbonyl (C=O) groups is 1. The van der Waals surface area contributed by atoms with Crippen LogP contribution >= 0.6 is 0 Å². The molecule has 2 aromatic rings. The Bertz CT molecular complexity index is 833. The van der Waals surface area contributed by atoms with Crippen LogP contribution in [0, 0.1) is 0 Å². The average Bonchev–Trinajstić information content (AvgIpc) is 2.96. The fraction of sp³-hybridized carbons (Fsp3) is 0.300. The van der Waals surface area contributed by atoms with Crippen LogP contribution in [-0.4, -0.2) is 34.7 Å². The van der Waals surface area contributed by atoms with Crippen molar-refractivity contribution in [3.8, 4) is 0 Å². The molecule has 0 atom stereocenters. The van der Waals surface area contributed by atoms with Gasteiger partial charge in [-0.25, -0.2) is 4.79 Å². The number of pyridine rings is 1. The van der Waals surface area contributed by atoms with Gasteiger partial charge in [-0.15, -0.1) is 0 Å². The summed E-state index contributed by atoms with van der Waals surface area (Å²) in [5, 5.41) is 12.6. The van der Waals surface area contributed by atoms with Gasteiger partial charge in [-0.1, -0.05) is 45.0 Å². The Labute approximate surface area is 148 Å². The van der Waals surface area contributed by atoms with Gasteiger partial charge < -0.3 is 15.3 Å². The van der Waals surface area contributed by atoms with Crippen molar-refractivity contribution in [3.63, 3.8) is 0 Å². The third-order valence-electron chi connectivity index (χ3n) is 4.40. The van der Waals surface area contributed by atoms with E-state index in [2.05, 4.69) is 60.2 Å². The molecule has 25 heavy (non-hydrogen) atoms. The Morgan fingerprint density at radius 1 is 1.20 bits per heavy atom. The van der Waals surface area contributed by atoms with Crippen molar-refractivity contribution in [3.05, 3.63) is 65.0 Å². The van der Waals surface area contributed by atoms with Crippen LogP contribution in [0.2, 0.25) is 0 Å². The van der Waals surface area contributed by atoms with Crippen molar-refractivity contribution in [2.45, 2.75) is 26.2 Å². The first-order valence-corrected chi connectivity index (χ1v) is 8.27. The number of hydrogen-bond acceptors (Lipinski definition) is 4. The molecule has 5 heteroatoms. The van der Waals surface area contributed by atoms with Gasteiger partial charge in [0.15, 0.2) is 0 Å². The highest BCUT2D eigenvalue weighted by Gasteiger charge is 2.24. The lowest BCUT2D eigenvalue weighted by atomic mass is 9.86. The molecule has 0 fully saturated rings. The minimum absolute atomic E-state index is 0.104. The summed E-state index contributed by atoms with van der Waals surface area (Å²) < 4.78 is 0. The van der Waals surface area contributed by atoms with E-state index in [9.17, 15) is 9.90 Å². The molecule has 1 aromatic heterocycles. The third-order valence-corrected chi connectivity index (χ3v) is 4.40. The number of carboxylic acids is 1. The van der Waals surface area contributed by atoms with E-state index < -0.39 is 5.97 Å². The Kier molecular flexibility index (Phi) is 4.25.